The highest BCUT2D eigenvalue weighted by molar-refractivity contribution is 5.60. The van der Waals surface area contributed by atoms with Crippen LogP contribution in [0.2, 0.25) is 0 Å². The molecule has 5 rings (SSSR count). The number of halogens is 1. The molecule has 3 aromatic rings. The van der Waals surface area contributed by atoms with E-state index in [9.17, 15) is 0 Å². The van der Waals surface area contributed by atoms with E-state index in [0.29, 0.717) is 24.8 Å². The maximum Gasteiger partial charge on any atom is 0.165 e. The van der Waals surface area contributed by atoms with Crippen LogP contribution in [0.1, 0.15) is 67.7 Å². The highest BCUT2D eigenvalue weighted by Gasteiger charge is 2.26. The molecule has 1 aliphatic heterocycles. The first-order valence-corrected chi connectivity index (χ1v) is 15.2. The van der Waals surface area contributed by atoms with Crippen LogP contribution < -0.4 is 19.1 Å². The number of fused-ring (bicyclic) bond motifs is 1. The predicted octanol–water partition coefficient (Wildman–Crippen LogP) is 7.40. The Balaban J connectivity index is 1.33. The molecular weight excluding hydrogens is 515 g/mol. The van der Waals surface area contributed by atoms with E-state index >= 15 is 4.39 Å². The first-order valence-electron chi connectivity index (χ1n) is 15.2. The molecule has 0 saturated carbocycles. The molecule has 0 bridgehead atoms. The summed E-state index contributed by atoms with van der Waals surface area (Å²) in [7, 11) is 3.43. The van der Waals surface area contributed by atoms with Gasteiger partial charge in [-0.15, -0.1) is 0 Å². The lowest BCUT2D eigenvalue weighted by Gasteiger charge is -2.35. The lowest BCUT2D eigenvalue weighted by molar-refractivity contribution is 0.180. The minimum absolute atomic E-state index is 0.213. The second kappa shape index (κ2) is 13.6. The van der Waals surface area contributed by atoms with Crippen LogP contribution in [0.15, 0.2) is 54.6 Å². The highest BCUT2D eigenvalue weighted by Crippen LogP contribution is 2.41. The van der Waals surface area contributed by atoms with Crippen LogP contribution in [0, 0.1) is 5.82 Å². The molecule has 5 nitrogen and oxygen atoms in total. The van der Waals surface area contributed by atoms with Crippen molar-refractivity contribution in [1.29, 1.82) is 0 Å². The first kappa shape index (κ1) is 29.2. The number of ether oxygens (including phenoxy) is 3. The number of rotatable bonds is 11. The molecule has 0 amide bonds. The standard InChI is InChI=1S/C35H45FN2O3/c1-25(2)38(24-26-8-15-35(33(36)20-26)41-19-18-37-16-6-5-7-17-37)34-23-31(40-4)13-14-32(34)29-10-9-28-22-30(39-3)12-11-27(28)21-29/h8,11-15,20,22-23,25,29H,5-7,9-10,16-19,21,24H2,1-4H3. The number of benzene rings is 3. The Kier molecular flexibility index (Phi) is 9.71. The quantitative estimate of drug-likeness (QED) is 0.244. The zero-order valence-corrected chi connectivity index (χ0v) is 25.1. The van der Waals surface area contributed by atoms with Crippen molar-refractivity contribution in [3.63, 3.8) is 0 Å². The number of nitrogens with zero attached hydrogens (tertiary/aromatic N) is 2. The summed E-state index contributed by atoms with van der Waals surface area (Å²) in [5, 5.41) is 0. The molecule has 1 unspecified atom stereocenters. The molecule has 0 spiro atoms. The fourth-order valence-corrected chi connectivity index (χ4v) is 6.34. The van der Waals surface area contributed by atoms with E-state index in [1.54, 1.807) is 26.4 Å². The maximum atomic E-state index is 15.2. The summed E-state index contributed by atoms with van der Waals surface area (Å²) in [6.07, 6.45) is 6.88. The van der Waals surface area contributed by atoms with E-state index in [-0.39, 0.29) is 11.9 Å². The van der Waals surface area contributed by atoms with Gasteiger partial charge in [0.15, 0.2) is 11.6 Å². The number of piperidine rings is 1. The Bertz CT molecular complexity index is 1300. The predicted molar refractivity (Wildman–Crippen MR) is 164 cm³/mol. The van der Waals surface area contributed by atoms with Crippen molar-refractivity contribution in [1.82, 2.24) is 4.90 Å². The Morgan fingerprint density at radius 2 is 1.66 bits per heavy atom. The van der Waals surface area contributed by atoms with Crippen LogP contribution in [0.4, 0.5) is 10.1 Å². The second-order valence-electron chi connectivity index (χ2n) is 11.7. The number of aryl methyl sites for hydroxylation is 1. The van der Waals surface area contributed by atoms with Gasteiger partial charge in [0.1, 0.15) is 18.1 Å². The summed E-state index contributed by atoms with van der Waals surface area (Å²) < 4.78 is 32.1. The Hall–Kier alpha value is -3.25. The molecule has 1 heterocycles. The summed E-state index contributed by atoms with van der Waals surface area (Å²) >= 11 is 0. The fourth-order valence-electron chi connectivity index (χ4n) is 6.34. The summed E-state index contributed by atoms with van der Waals surface area (Å²) in [6, 6.07) is 18.5. The number of methoxy groups -OCH3 is 2. The Labute approximate surface area is 245 Å². The third-order valence-electron chi connectivity index (χ3n) is 8.72. The summed E-state index contributed by atoms with van der Waals surface area (Å²) in [5.74, 6) is 2.19. The molecule has 2 aliphatic rings. The highest BCUT2D eigenvalue weighted by atomic mass is 19.1. The molecule has 0 N–H and O–H groups in total. The molecule has 1 atom stereocenters. The molecule has 1 aliphatic carbocycles. The molecule has 220 valence electrons. The van der Waals surface area contributed by atoms with Crippen LogP contribution >= 0.6 is 0 Å². The van der Waals surface area contributed by atoms with E-state index in [2.05, 4.69) is 60.0 Å². The minimum atomic E-state index is -0.296. The van der Waals surface area contributed by atoms with E-state index in [4.69, 9.17) is 14.2 Å². The van der Waals surface area contributed by atoms with Crippen LogP contribution in [0.3, 0.4) is 0 Å². The number of hydrogen-bond acceptors (Lipinski definition) is 5. The smallest absolute Gasteiger partial charge is 0.165 e. The van der Waals surface area contributed by atoms with Crippen molar-refractivity contribution in [2.75, 3.05) is 45.4 Å². The topological polar surface area (TPSA) is 34.2 Å². The monoisotopic (exact) mass is 560 g/mol. The third kappa shape index (κ3) is 7.16. The Morgan fingerprint density at radius 1 is 0.902 bits per heavy atom. The van der Waals surface area contributed by atoms with Gasteiger partial charge in [0, 0.05) is 30.9 Å². The van der Waals surface area contributed by atoms with Gasteiger partial charge in [0.25, 0.3) is 0 Å². The Morgan fingerprint density at radius 3 is 2.39 bits per heavy atom. The largest absolute Gasteiger partial charge is 0.497 e. The van der Waals surface area contributed by atoms with E-state index in [1.165, 1.54) is 36.0 Å². The van der Waals surface area contributed by atoms with E-state index in [1.807, 2.05) is 6.07 Å². The lowest BCUT2D eigenvalue weighted by atomic mass is 9.79. The normalized spacial score (nSPS) is 17.3. The van der Waals surface area contributed by atoms with Crippen LogP contribution in [0.5, 0.6) is 17.2 Å². The number of anilines is 1. The zero-order chi connectivity index (χ0) is 28.8. The van der Waals surface area contributed by atoms with Crippen LogP contribution in [-0.2, 0) is 19.4 Å². The molecule has 6 heteroatoms. The van der Waals surface area contributed by atoms with Gasteiger partial charge in [-0.05, 0) is 118 Å². The van der Waals surface area contributed by atoms with Crippen molar-refractivity contribution in [2.45, 2.75) is 70.9 Å². The molecular formula is C35H45FN2O3. The molecule has 1 saturated heterocycles. The molecule has 3 aromatic carbocycles. The molecule has 41 heavy (non-hydrogen) atoms. The third-order valence-corrected chi connectivity index (χ3v) is 8.72. The van der Waals surface area contributed by atoms with Gasteiger partial charge in [-0.2, -0.15) is 0 Å². The van der Waals surface area contributed by atoms with Crippen LogP contribution in [0.25, 0.3) is 0 Å². The molecule has 1 fully saturated rings. The summed E-state index contributed by atoms with van der Waals surface area (Å²) in [6.45, 7) is 8.58. The van der Waals surface area contributed by atoms with Crippen molar-refractivity contribution < 1.29 is 18.6 Å². The molecule has 0 radical (unpaired) electrons. The van der Waals surface area contributed by atoms with E-state index in [0.717, 1.165) is 61.6 Å². The van der Waals surface area contributed by atoms with Crippen molar-refractivity contribution in [2.24, 2.45) is 0 Å². The lowest BCUT2D eigenvalue weighted by Crippen LogP contribution is -2.33. The van der Waals surface area contributed by atoms with Crippen molar-refractivity contribution in [3.8, 4) is 17.2 Å². The number of likely N-dealkylation sites (tertiary alicyclic amines) is 1. The fraction of sp³-hybridized carbons (Fsp3) is 0.486. The van der Waals surface area contributed by atoms with Crippen molar-refractivity contribution >= 4 is 5.69 Å². The van der Waals surface area contributed by atoms with Gasteiger partial charge in [-0.25, -0.2) is 4.39 Å². The summed E-state index contributed by atoms with van der Waals surface area (Å²) in [4.78, 5) is 4.77. The second-order valence-corrected chi connectivity index (χ2v) is 11.7. The molecule has 0 aromatic heterocycles. The maximum absolute atomic E-state index is 15.2. The van der Waals surface area contributed by atoms with Gasteiger partial charge >= 0.3 is 0 Å². The van der Waals surface area contributed by atoms with Crippen LogP contribution in [-0.4, -0.2) is 51.4 Å². The van der Waals surface area contributed by atoms with Gasteiger partial charge in [0.05, 0.1) is 14.2 Å². The zero-order valence-electron chi connectivity index (χ0n) is 25.1. The first-order chi connectivity index (χ1) is 19.9. The van der Waals surface area contributed by atoms with Gasteiger partial charge in [-0.3, -0.25) is 4.90 Å². The van der Waals surface area contributed by atoms with Gasteiger partial charge in [0.2, 0.25) is 0 Å². The minimum Gasteiger partial charge on any atom is -0.497 e. The average molecular weight is 561 g/mol. The number of hydrogen-bond donors (Lipinski definition) is 0. The van der Waals surface area contributed by atoms with Gasteiger partial charge in [-0.1, -0.05) is 24.6 Å². The van der Waals surface area contributed by atoms with Gasteiger partial charge < -0.3 is 19.1 Å². The average Bonchev–Trinajstić information content (AvgIpc) is 3.00. The summed E-state index contributed by atoms with van der Waals surface area (Å²) in [5.41, 5.74) is 6.17. The SMILES string of the molecule is COc1ccc2c(c1)CCC(c1ccc(OC)cc1N(Cc1ccc(OCCN3CCCCC3)c(F)c1)C(C)C)C2. The van der Waals surface area contributed by atoms with Crippen molar-refractivity contribution in [3.05, 3.63) is 82.7 Å². The van der Waals surface area contributed by atoms with E-state index < -0.39 is 0 Å².